The van der Waals surface area contributed by atoms with E-state index in [1.54, 1.807) is 6.20 Å². The zero-order valence-corrected chi connectivity index (χ0v) is 7.57. The van der Waals surface area contributed by atoms with Crippen molar-refractivity contribution in [1.29, 1.82) is 0 Å². The predicted octanol–water partition coefficient (Wildman–Crippen LogP) is 0.839. The SMILES string of the molecule is CCNCc1cn2cccnc2n1. The first-order valence-corrected chi connectivity index (χ1v) is 4.39. The molecule has 13 heavy (non-hydrogen) atoms. The zero-order chi connectivity index (χ0) is 9.10. The van der Waals surface area contributed by atoms with Gasteiger partial charge in [0.05, 0.1) is 5.69 Å². The van der Waals surface area contributed by atoms with Crippen LogP contribution in [0.1, 0.15) is 12.6 Å². The van der Waals surface area contributed by atoms with Crippen LogP contribution in [-0.2, 0) is 6.54 Å². The molecule has 0 aromatic carbocycles. The largest absolute Gasteiger partial charge is 0.311 e. The lowest BCUT2D eigenvalue weighted by Gasteiger charge is -1.93. The van der Waals surface area contributed by atoms with Crippen LogP contribution in [0.3, 0.4) is 0 Å². The van der Waals surface area contributed by atoms with Gasteiger partial charge in [0.1, 0.15) is 0 Å². The van der Waals surface area contributed by atoms with E-state index in [0.29, 0.717) is 0 Å². The maximum Gasteiger partial charge on any atom is 0.233 e. The Hall–Kier alpha value is -1.42. The molecule has 2 aromatic heterocycles. The molecule has 0 spiro atoms. The van der Waals surface area contributed by atoms with Gasteiger partial charge < -0.3 is 5.32 Å². The van der Waals surface area contributed by atoms with Gasteiger partial charge in [-0.05, 0) is 12.6 Å². The molecule has 0 unspecified atom stereocenters. The molecule has 2 heterocycles. The summed E-state index contributed by atoms with van der Waals surface area (Å²) in [6.45, 7) is 3.84. The fourth-order valence-electron chi connectivity index (χ4n) is 1.22. The molecular formula is C9H12N4. The number of fused-ring (bicyclic) bond motifs is 1. The molecule has 0 saturated carbocycles. The molecule has 0 atom stereocenters. The molecule has 1 N–H and O–H groups in total. The Balaban J connectivity index is 2.28. The molecule has 2 rings (SSSR count). The van der Waals surface area contributed by atoms with Crippen molar-refractivity contribution in [2.45, 2.75) is 13.5 Å². The first-order chi connectivity index (χ1) is 6.40. The summed E-state index contributed by atoms with van der Waals surface area (Å²) in [5, 5.41) is 3.22. The highest BCUT2D eigenvalue weighted by Crippen LogP contribution is 2.00. The number of hydrogen-bond acceptors (Lipinski definition) is 3. The van der Waals surface area contributed by atoms with Crippen LogP contribution in [0.5, 0.6) is 0 Å². The van der Waals surface area contributed by atoms with E-state index in [2.05, 4.69) is 22.2 Å². The van der Waals surface area contributed by atoms with E-state index in [1.165, 1.54) is 0 Å². The van der Waals surface area contributed by atoms with Crippen LogP contribution < -0.4 is 5.32 Å². The Kier molecular flexibility index (Phi) is 2.23. The van der Waals surface area contributed by atoms with Crippen molar-refractivity contribution in [1.82, 2.24) is 19.7 Å². The third kappa shape index (κ3) is 1.67. The third-order valence-electron chi connectivity index (χ3n) is 1.84. The minimum atomic E-state index is 0.760. The van der Waals surface area contributed by atoms with E-state index >= 15 is 0 Å². The lowest BCUT2D eigenvalue weighted by Crippen LogP contribution is -2.11. The Labute approximate surface area is 76.6 Å². The highest BCUT2D eigenvalue weighted by atomic mass is 15.1. The summed E-state index contributed by atoms with van der Waals surface area (Å²) in [4.78, 5) is 8.47. The molecule has 0 radical (unpaired) electrons. The van der Waals surface area contributed by atoms with Crippen molar-refractivity contribution in [3.8, 4) is 0 Å². The van der Waals surface area contributed by atoms with Crippen molar-refractivity contribution in [2.75, 3.05) is 6.54 Å². The molecule has 4 heteroatoms. The molecule has 0 amide bonds. The maximum absolute atomic E-state index is 4.34. The number of rotatable bonds is 3. The number of imidazole rings is 1. The van der Waals surface area contributed by atoms with Crippen LogP contribution in [0.4, 0.5) is 0 Å². The molecular weight excluding hydrogens is 164 g/mol. The summed E-state index contributed by atoms with van der Waals surface area (Å²) < 4.78 is 1.92. The first kappa shape index (κ1) is 8.19. The Morgan fingerprint density at radius 3 is 3.23 bits per heavy atom. The summed E-state index contributed by atoms with van der Waals surface area (Å²) in [6.07, 6.45) is 5.69. The van der Waals surface area contributed by atoms with Crippen molar-refractivity contribution in [3.05, 3.63) is 30.4 Å². The van der Waals surface area contributed by atoms with Gasteiger partial charge in [-0.2, -0.15) is 0 Å². The topological polar surface area (TPSA) is 42.2 Å². The molecule has 0 aliphatic rings. The van der Waals surface area contributed by atoms with E-state index in [9.17, 15) is 0 Å². The van der Waals surface area contributed by atoms with Crippen molar-refractivity contribution < 1.29 is 0 Å². The van der Waals surface area contributed by atoms with Gasteiger partial charge in [0.25, 0.3) is 0 Å². The first-order valence-electron chi connectivity index (χ1n) is 4.39. The van der Waals surface area contributed by atoms with Crippen LogP contribution in [0.25, 0.3) is 5.78 Å². The summed E-state index contributed by atoms with van der Waals surface area (Å²) in [6, 6.07) is 1.89. The van der Waals surface area contributed by atoms with Crippen LogP contribution in [-0.4, -0.2) is 20.9 Å². The van der Waals surface area contributed by atoms with Gasteiger partial charge in [0.2, 0.25) is 5.78 Å². The van der Waals surface area contributed by atoms with Crippen molar-refractivity contribution in [3.63, 3.8) is 0 Å². The smallest absolute Gasteiger partial charge is 0.233 e. The van der Waals surface area contributed by atoms with Crippen LogP contribution in [0.2, 0.25) is 0 Å². The second-order valence-electron chi connectivity index (χ2n) is 2.84. The number of aromatic nitrogens is 3. The van der Waals surface area contributed by atoms with Gasteiger partial charge in [-0.15, -0.1) is 0 Å². The van der Waals surface area contributed by atoms with Crippen LogP contribution in [0, 0.1) is 0 Å². The molecule has 4 nitrogen and oxygen atoms in total. The highest BCUT2D eigenvalue weighted by Gasteiger charge is 1.99. The van der Waals surface area contributed by atoms with E-state index in [1.807, 2.05) is 22.9 Å². The molecule has 0 saturated heterocycles. The number of hydrogen-bond donors (Lipinski definition) is 1. The van der Waals surface area contributed by atoms with E-state index < -0.39 is 0 Å². The third-order valence-corrected chi connectivity index (χ3v) is 1.84. The average molecular weight is 176 g/mol. The Bertz CT molecular complexity index is 360. The van der Waals surface area contributed by atoms with Crippen LogP contribution >= 0.6 is 0 Å². The standard InChI is InChI=1S/C9H12N4/c1-2-10-6-8-7-13-5-3-4-11-9(13)12-8/h3-5,7,10H,2,6H2,1H3. The van der Waals surface area contributed by atoms with Crippen molar-refractivity contribution >= 4 is 5.78 Å². The molecule has 0 bridgehead atoms. The molecule has 2 aromatic rings. The molecule has 0 fully saturated rings. The number of nitrogens with one attached hydrogen (secondary N) is 1. The fraction of sp³-hybridized carbons (Fsp3) is 0.333. The van der Waals surface area contributed by atoms with Gasteiger partial charge in [0, 0.05) is 25.1 Å². The summed E-state index contributed by atoms with van der Waals surface area (Å²) >= 11 is 0. The fourth-order valence-corrected chi connectivity index (χ4v) is 1.22. The van der Waals surface area contributed by atoms with Crippen LogP contribution in [0.15, 0.2) is 24.7 Å². The second-order valence-corrected chi connectivity index (χ2v) is 2.84. The minimum absolute atomic E-state index is 0.760. The average Bonchev–Trinajstić information content (AvgIpc) is 2.57. The Morgan fingerprint density at radius 2 is 2.46 bits per heavy atom. The quantitative estimate of drug-likeness (QED) is 0.753. The summed E-state index contributed by atoms with van der Waals surface area (Å²) in [5.41, 5.74) is 1.03. The molecule has 0 aliphatic carbocycles. The predicted molar refractivity (Wildman–Crippen MR) is 50.4 cm³/mol. The van der Waals surface area contributed by atoms with E-state index in [0.717, 1.165) is 24.6 Å². The monoisotopic (exact) mass is 176 g/mol. The zero-order valence-electron chi connectivity index (χ0n) is 7.57. The van der Waals surface area contributed by atoms with E-state index in [-0.39, 0.29) is 0 Å². The summed E-state index contributed by atoms with van der Waals surface area (Å²) in [7, 11) is 0. The van der Waals surface area contributed by atoms with Gasteiger partial charge in [0.15, 0.2) is 0 Å². The normalized spacial score (nSPS) is 10.8. The molecule has 0 aliphatic heterocycles. The minimum Gasteiger partial charge on any atom is -0.311 e. The summed E-state index contributed by atoms with van der Waals surface area (Å²) in [5.74, 6) is 0.760. The van der Waals surface area contributed by atoms with Gasteiger partial charge in [-0.25, -0.2) is 9.97 Å². The molecule has 68 valence electrons. The van der Waals surface area contributed by atoms with Gasteiger partial charge in [-0.3, -0.25) is 4.40 Å². The van der Waals surface area contributed by atoms with Gasteiger partial charge >= 0.3 is 0 Å². The lowest BCUT2D eigenvalue weighted by molar-refractivity contribution is 0.714. The maximum atomic E-state index is 4.34. The van der Waals surface area contributed by atoms with Gasteiger partial charge in [-0.1, -0.05) is 6.92 Å². The highest BCUT2D eigenvalue weighted by molar-refractivity contribution is 5.29. The Morgan fingerprint density at radius 1 is 1.54 bits per heavy atom. The number of nitrogens with zero attached hydrogens (tertiary/aromatic N) is 3. The second kappa shape index (κ2) is 3.53. The van der Waals surface area contributed by atoms with Crippen molar-refractivity contribution in [2.24, 2.45) is 0 Å². The lowest BCUT2D eigenvalue weighted by atomic mass is 10.5. The van der Waals surface area contributed by atoms with E-state index in [4.69, 9.17) is 0 Å².